The van der Waals surface area contributed by atoms with Crippen molar-refractivity contribution in [2.45, 2.75) is 4.90 Å². The van der Waals surface area contributed by atoms with Crippen LogP contribution < -0.4 is 5.32 Å². The van der Waals surface area contributed by atoms with Crippen LogP contribution in [0.5, 0.6) is 0 Å². The summed E-state index contributed by atoms with van der Waals surface area (Å²) in [5.74, 6) is 0.214. The molecule has 0 spiro atoms. The van der Waals surface area contributed by atoms with Crippen molar-refractivity contribution in [3.8, 4) is 0 Å². The highest BCUT2D eigenvalue weighted by Gasteiger charge is 2.24. The van der Waals surface area contributed by atoms with Gasteiger partial charge in [0, 0.05) is 17.5 Å². The molecule has 0 saturated carbocycles. The van der Waals surface area contributed by atoms with Crippen LogP contribution in [0.25, 0.3) is 0 Å². The number of amidine groups is 1. The Balaban J connectivity index is 1.93. The monoisotopic (exact) mass is 299 g/mol. The molecule has 2 aromatic rings. The summed E-state index contributed by atoms with van der Waals surface area (Å²) in [5.41, 5.74) is 1.29. The molecule has 0 aliphatic carbocycles. The van der Waals surface area contributed by atoms with Crippen LogP contribution in [0.4, 0.5) is 10.5 Å². The number of fused-ring (bicyclic) bond motifs is 1. The van der Waals surface area contributed by atoms with Gasteiger partial charge < -0.3 is 5.32 Å². The largest absolute Gasteiger partial charge is 0.347 e. The molecule has 2 amide bonds. The summed E-state index contributed by atoms with van der Waals surface area (Å²) in [4.78, 5) is 16.5. The Bertz CT molecular complexity index is 850. The number of hydrogen-bond acceptors (Lipinski definition) is 2. The Hall–Kier alpha value is -2.47. The summed E-state index contributed by atoms with van der Waals surface area (Å²) in [6.07, 6.45) is 1.55. The number of aliphatic imine (C=N–C) groups is 1. The zero-order valence-corrected chi connectivity index (χ0v) is 12.1. The van der Waals surface area contributed by atoms with Crippen LogP contribution >= 0.6 is 0 Å². The third kappa shape index (κ3) is 2.71. The van der Waals surface area contributed by atoms with Crippen LogP contribution in [0.1, 0.15) is 5.56 Å². The fraction of sp³-hybridized carbons (Fsp3) is 0.0667. The van der Waals surface area contributed by atoms with E-state index in [1.54, 1.807) is 42.7 Å². The maximum absolute atomic E-state index is 12.4. The first-order valence-corrected chi connectivity index (χ1v) is 8.25. The molecule has 3 rings (SSSR count). The molecule has 106 valence electrons. The molecular weight excluding hydrogens is 286 g/mol. The summed E-state index contributed by atoms with van der Waals surface area (Å²) in [7, 11) is -2.51. The van der Waals surface area contributed by atoms with Crippen LogP contribution in [0.2, 0.25) is 0 Å². The second-order valence-corrected chi connectivity index (χ2v) is 6.85. The van der Waals surface area contributed by atoms with Crippen molar-refractivity contribution in [1.29, 1.82) is 0 Å². The topological polar surface area (TPSA) is 70.9 Å². The summed E-state index contributed by atoms with van der Waals surface area (Å²) in [6.45, 7) is 0. The van der Waals surface area contributed by atoms with Gasteiger partial charge in [0.15, 0.2) is 5.84 Å². The number of nitrogens with one attached hydrogen (secondary N) is 1. The highest BCUT2D eigenvalue weighted by molar-refractivity contribution is 7.93. The van der Waals surface area contributed by atoms with Crippen molar-refractivity contribution < 1.29 is 9.00 Å². The molecule has 1 unspecified atom stereocenters. The first kappa shape index (κ1) is 13.5. The Kier molecular flexibility index (Phi) is 3.31. The van der Waals surface area contributed by atoms with Gasteiger partial charge in [-0.2, -0.15) is 9.36 Å². The molecule has 2 aromatic carbocycles. The molecule has 0 aromatic heterocycles. The maximum Gasteiger partial charge on any atom is 0.347 e. The van der Waals surface area contributed by atoms with Gasteiger partial charge in [-0.1, -0.05) is 30.3 Å². The predicted octanol–water partition coefficient (Wildman–Crippen LogP) is 3.14. The van der Waals surface area contributed by atoms with Gasteiger partial charge in [0.2, 0.25) is 0 Å². The van der Waals surface area contributed by atoms with E-state index in [9.17, 15) is 9.00 Å². The van der Waals surface area contributed by atoms with E-state index in [2.05, 4.69) is 14.7 Å². The minimum absolute atomic E-state index is 0.214. The zero-order chi connectivity index (χ0) is 14.9. The number of nitrogens with zero attached hydrogens (tertiary/aromatic N) is 2. The Morgan fingerprint density at radius 1 is 1.10 bits per heavy atom. The number of hydrogen-bond donors (Lipinski definition) is 1. The quantitative estimate of drug-likeness (QED) is 0.878. The van der Waals surface area contributed by atoms with E-state index in [4.69, 9.17) is 0 Å². The summed E-state index contributed by atoms with van der Waals surface area (Å²) >= 11 is 0. The van der Waals surface area contributed by atoms with E-state index < -0.39 is 15.8 Å². The van der Waals surface area contributed by atoms with E-state index in [1.165, 1.54) is 0 Å². The standard InChI is InChI=1S/C15H13N3O2S/c1-21(20)13-10-6-5-9-12(13)14(18-21)17-15(19)16-11-7-3-2-4-8-11/h2-10H,1H3,(H,16,19). The van der Waals surface area contributed by atoms with Gasteiger partial charge >= 0.3 is 6.03 Å². The minimum atomic E-state index is -2.51. The Morgan fingerprint density at radius 2 is 1.76 bits per heavy atom. The number of carbonyl (C=O) groups excluding carboxylic acids is 1. The van der Waals surface area contributed by atoms with E-state index in [1.807, 2.05) is 18.2 Å². The number of anilines is 1. The summed E-state index contributed by atoms with van der Waals surface area (Å²) < 4.78 is 16.5. The van der Waals surface area contributed by atoms with Gasteiger partial charge in [0.1, 0.15) is 0 Å². The molecule has 1 heterocycles. The lowest BCUT2D eigenvalue weighted by molar-refractivity contribution is 0.259. The lowest BCUT2D eigenvalue weighted by atomic mass is 10.2. The second-order valence-electron chi connectivity index (χ2n) is 4.62. The third-order valence-corrected chi connectivity index (χ3v) is 4.72. The average molecular weight is 299 g/mol. The van der Waals surface area contributed by atoms with Gasteiger partial charge in [-0.05, 0) is 24.3 Å². The SMILES string of the molecule is CS1(=O)=NC(=NC(=O)Nc2ccccc2)c2ccccc21. The molecule has 1 N–H and O–H groups in total. The van der Waals surface area contributed by atoms with E-state index in [0.29, 0.717) is 16.1 Å². The smallest absolute Gasteiger partial charge is 0.306 e. The molecule has 21 heavy (non-hydrogen) atoms. The molecule has 0 radical (unpaired) electrons. The molecular formula is C15H13N3O2S. The lowest BCUT2D eigenvalue weighted by Crippen LogP contribution is -2.09. The molecule has 5 nitrogen and oxygen atoms in total. The fourth-order valence-corrected chi connectivity index (χ4v) is 3.56. The molecule has 6 heteroatoms. The van der Waals surface area contributed by atoms with Gasteiger partial charge in [0.05, 0.1) is 14.6 Å². The van der Waals surface area contributed by atoms with Crippen molar-refractivity contribution in [2.24, 2.45) is 9.36 Å². The lowest BCUT2D eigenvalue weighted by Gasteiger charge is -2.01. The molecule has 1 aliphatic rings. The molecule has 1 aliphatic heterocycles. The van der Waals surface area contributed by atoms with Gasteiger partial charge in [-0.3, -0.25) is 0 Å². The Labute approximate surface area is 122 Å². The predicted molar refractivity (Wildman–Crippen MR) is 83.2 cm³/mol. The van der Waals surface area contributed by atoms with Crippen LogP contribution in [0, 0.1) is 0 Å². The summed E-state index contributed by atoms with van der Waals surface area (Å²) in [6, 6.07) is 15.6. The summed E-state index contributed by atoms with van der Waals surface area (Å²) in [5, 5.41) is 2.65. The first-order valence-electron chi connectivity index (χ1n) is 6.32. The minimum Gasteiger partial charge on any atom is -0.306 e. The second kappa shape index (κ2) is 5.14. The van der Waals surface area contributed by atoms with Crippen LogP contribution in [0.15, 0.2) is 68.8 Å². The Morgan fingerprint density at radius 3 is 2.52 bits per heavy atom. The van der Waals surface area contributed by atoms with Crippen molar-refractivity contribution in [1.82, 2.24) is 0 Å². The molecule has 0 bridgehead atoms. The highest BCUT2D eigenvalue weighted by atomic mass is 32.2. The average Bonchev–Trinajstić information content (AvgIpc) is 2.72. The number of rotatable bonds is 1. The van der Waals surface area contributed by atoms with Crippen molar-refractivity contribution in [2.75, 3.05) is 11.6 Å². The van der Waals surface area contributed by atoms with Crippen LogP contribution in [0.3, 0.4) is 0 Å². The van der Waals surface area contributed by atoms with Crippen LogP contribution in [-0.2, 0) is 9.73 Å². The van der Waals surface area contributed by atoms with Gasteiger partial charge in [-0.25, -0.2) is 9.00 Å². The first-order chi connectivity index (χ1) is 10.1. The number of urea groups is 1. The number of amides is 2. The van der Waals surface area contributed by atoms with E-state index >= 15 is 0 Å². The zero-order valence-electron chi connectivity index (χ0n) is 11.3. The number of para-hydroxylation sites is 1. The maximum atomic E-state index is 12.4. The molecule has 0 saturated heterocycles. The normalized spacial score (nSPS) is 21.7. The third-order valence-electron chi connectivity index (χ3n) is 3.03. The van der Waals surface area contributed by atoms with Gasteiger partial charge in [-0.15, -0.1) is 0 Å². The fourth-order valence-electron chi connectivity index (χ4n) is 2.09. The molecule has 0 fully saturated rings. The number of carbonyl (C=O) groups is 1. The van der Waals surface area contributed by atoms with E-state index in [-0.39, 0.29) is 5.84 Å². The van der Waals surface area contributed by atoms with Crippen LogP contribution in [-0.4, -0.2) is 22.3 Å². The van der Waals surface area contributed by atoms with Crippen molar-refractivity contribution in [3.05, 3.63) is 60.2 Å². The highest BCUT2D eigenvalue weighted by Crippen LogP contribution is 2.25. The van der Waals surface area contributed by atoms with Crippen molar-refractivity contribution >= 4 is 27.3 Å². The number of benzene rings is 2. The van der Waals surface area contributed by atoms with E-state index in [0.717, 1.165) is 0 Å². The molecule has 1 atom stereocenters. The van der Waals surface area contributed by atoms with Gasteiger partial charge in [0.25, 0.3) is 0 Å². The van der Waals surface area contributed by atoms with Crippen molar-refractivity contribution in [3.63, 3.8) is 0 Å².